The van der Waals surface area contributed by atoms with Crippen molar-refractivity contribution in [3.63, 3.8) is 0 Å². The van der Waals surface area contributed by atoms with E-state index in [1.165, 1.54) is 12.3 Å². The first-order chi connectivity index (χ1) is 8.31. The van der Waals surface area contributed by atoms with Crippen molar-refractivity contribution in [3.05, 3.63) is 18.0 Å². The Balaban J connectivity index is 2.98. The number of hydrogen-bond donors (Lipinski definition) is 2. The summed E-state index contributed by atoms with van der Waals surface area (Å²) < 4.78 is 28.7. The van der Waals surface area contributed by atoms with E-state index in [0.717, 1.165) is 6.42 Å². The Kier molecular flexibility index (Phi) is 4.95. The van der Waals surface area contributed by atoms with Gasteiger partial charge in [0.15, 0.2) is 0 Å². The van der Waals surface area contributed by atoms with Gasteiger partial charge < -0.3 is 9.67 Å². The highest BCUT2D eigenvalue weighted by Gasteiger charge is 2.22. The standard InChI is InChI=1S/C12H22N2O3S/c1-5-12(9(2)3)13-18(16,17)11-6-10(8-15)14(4)7-11/h6-7,9,12-13,15H,5,8H2,1-4H3. The molecule has 0 saturated carbocycles. The van der Waals surface area contributed by atoms with Crippen LogP contribution in [0.15, 0.2) is 17.2 Å². The zero-order chi connectivity index (χ0) is 13.9. The summed E-state index contributed by atoms with van der Waals surface area (Å²) in [7, 11) is -1.80. The van der Waals surface area contributed by atoms with Gasteiger partial charge in [-0.15, -0.1) is 0 Å². The maximum Gasteiger partial charge on any atom is 0.242 e. The highest BCUT2D eigenvalue weighted by atomic mass is 32.2. The van der Waals surface area contributed by atoms with Gasteiger partial charge in [-0.1, -0.05) is 20.8 Å². The van der Waals surface area contributed by atoms with Crippen LogP contribution in [-0.2, 0) is 23.7 Å². The molecule has 1 rings (SSSR count). The van der Waals surface area contributed by atoms with Gasteiger partial charge in [0.2, 0.25) is 10.0 Å². The Morgan fingerprint density at radius 2 is 2.06 bits per heavy atom. The number of aromatic nitrogens is 1. The molecule has 0 aromatic carbocycles. The lowest BCUT2D eigenvalue weighted by Crippen LogP contribution is -2.37. The number of sulfonamides is 1. The maximum absolute atomic E-state index is 12.2. The molecule has 104 valence electrons. The molecule has 1 atom stereocenters. The predicted molar refractivity (Wildman–Crippen MR) is 70.6 cm³/mol. The molecule has 2 N–H and O–H groups in total. The van der Waals surface area contributed by atoms with Crippen LogP contribution in [0.2, 0.25) is 0 Å². The molecule has 18 heavy (non-hydrogen) atoms. The minimum Gasteiger partial charge on any atom is -0.390 e. The van der Waals surface area contributed by atoms with Gasteiger partial charge in [-0.25, -0.2) is 13.1 Å². The molecule has 1 unspecified atom stereocenters. The summed E-state index contributed by atoms with van der Waals surface area (Å²) in [5.74, 6) is 0.241. The SMILES string of the molecule is CCC(NS(=O)(=O)c1cc(CO)n(C)c1)C(C)C. The first-order valence-corrected chi connectivity index (χ1v) is 7.58. The summed E-state index contributed by atoms with van der Waals surface area (Å²) in [4.78, 5) is 0.202. The average molecular weight is 274 g/mol. The molecule has 0 aliphatic carbocycles. The number of hydrogen-bond acceptors (Lipinski definition) is 3. The maximum atomic E-state index is 12.2. The fraction of sp³-hybridized carbons (Fsp3) is 0.667. The Bertz CT molecular complexity index is 491. The van der Waals surface area contributed by atoms with Crippen molar-refractivity contribution in [2.75, 3.05) is 0 Å². The van der Waals surface area contributed by atoms with E-state index in [4.69, 9.17) is 5.11 Å². The second-order valence-electron chi connectivity index (χ2n) is 4.82. The van der Waals surface area contributed by atoms with E-state index in [-0.39, 0.29) is 23.5 Å². The number of aliphatic hydroxyl groups is 1. The molecule has 0 aliphatic heterocycles. The largest absolute Gasteiger partial charge is 0.390 e. The van der Waals surface area contributed by atoms with Crippen LogP contribution in [0.1, 0.15) is 32.9 Å². The third-order valence-corrected chi connectivity index (χ3v) is 4.56. The molecule has 0 spiro atoms. The van der Waals surface area contributed by atoms with Gasteiger partial charge in [0, 0.05) is 25.0 Å². The van der Waals surface area contributed by atoms with Crippen LogP contribution in [0.5, 0.6) is 0 Å². The first-order valence-electron chi connectivity index (χ1n) is 6.10. The third-order valence-electron chi connectivity index (χ3n) is 3.11. The van der Waals surface area contributed by atoms with Crippen LogP contribution in [0.25, 0.3) is 0 Å². The average Bonchev–Trinajstić information content (AvgIpc) is 2.68. The second-order valence-corrected chi connectivity index (χ2v) is 6.53. The summed E-state index contributed by atoms with van der Waals surface area (Å²) >= 11 is 0. The molecule has 0 bridgehead atoms. The van der Waals surface area contributed by atoms with Crippen LogP contribution >= 0.6 is 0 Å². The lowest BCUT2D eigenvalue weighted by Gasteiger charge is -2.20. The molecule has 1 aromatic rings. The number of aliphatic hydroxyl groups excluding tert-OH is 1. The topological polar surface area (TPSA) is 71.3 Å². The van der Waals surface area contributed by atoms with Crippen molar-refractivity contribution in [1.29, 1.82) is 0 Å². The Morgan fingerprint density at radius 1 is 1.44 bits per heavy atom. The van der Waals surface area contributed by atoms with Crippen molar-refractivity contribution < 1.29 is 13.5 Å². The van der Waals surface area contributed by atoms with Gasteiger partial charge in [0.25, 0.3) is 0 Å². The lowest BCUT2D eigenvalue weighted by molar-refractivity contribution is 0.272. The van der Waals surface area contributed by atoms with E-state index in [2.05, 4.69) is 4.72 Å². The minimum atomic E-state index is -3.51. The normalized spacial score (nSPS) is 14.1. The van der Waals surface area contributed by atoms with Gasteiger partial charge in [-0.05, 0) is 18.4 Å². The van der Waals surface area contributed by atoms with E-state index in [1.807, 2.05) is 20.8 Å². The molecule has 0 amide bonds. The summed E-state index contributed by atoms with van der Waals surface area (Å²) in [6, 6.07) is 1.42. The molecule has 0 aliphatic rings. The molecule has 0 radical (unpaired) electrons. The summed E-state index contributed by atoms with van der Waals surface area (Å²) in [6.45, 7) is 5.76. The molecule has 1 aromatic heterocycles. The van der Waals surface area contributed by atoms with Gasteiger partial charge in [0.1, 0.15) is 0 Å². The summed E-state index contributed by atoms with van der Waals surface area (Å²) in [5.41, 5.74) is 0.577. The van der Waals surface area contributed by atoms with Crippen molar-refractivity contribution in [2.24, 2.45) is 13.0 Å². The van der Waals surface area contributed by atoms with E-state index in [1.54, 1.807) is 11.6 Å². The molecule has 6 heteroatoms. The van der Waals surface area contributed by atoms with Crippen molar-refractivity contribution in [3.8, 4) is 0 Å². The predicted octanol–water partition coefficient (Wildman–Crippen LogP) is 1.23. The van der Waals surface area contributed by atoms with Crippen LogP contribution in [0, 0.1) is 5.92 Å². The van der Waals surface area contributed by atoms with E-state index < -0.39 is 10.0 Å². The highest BCUT2D eigenvalue weighted by molar-refractivity contribution is 7.89. The molecule has 0 fully saturated rings. The monoisotopic (exact) mass is 274 g/mol. The zero-order valence-corrected chi connectivity index (χ0v) is 12.2. The number of nitrogens with zero attached hydrogens (tertiary/aromatic N) is 1. The molecular formula is C12H22N2O3S. The quantitative estimate of drug-likeness (QED) is 0.819. The molecule has 0 saturated heterocycles. The van der Waals surface area contributed by atoms with E-state index in [9.17, 15) is 8.42 Å². The summed E-state index contributed by atoms with van der Waals surface area (Å²) in [5, 5.41) is 9.08. The van der Waals surface area contributed by atoms with Gasteiger partial charge in [-0.2, -0.15) is 0 Å². The van der Waals surface area contributed by atoms with Crippen LogP contribution in [0.3, 0.4) is 0 Å². The smallest absolute Gasteiger partial charge is 0.242 e. The Labute approximate surface area is 109 Å². The Hall–Kier alpha value is -0.850. The molecule has 1 heterocycles. The van der Waals surface area contributed by atoms with Crippen LogP contribution < -0.4 is 4.72 Å². The summed E-state index contributed by atoms with van der Waals surface area (Å²) in [6.07, 6.45) is 2.26. The van der Waals surface area contributed by atoms with E-state index >= 15 is 0 Å². The van der Waals surface area contributed by atoms with E-state index in [0.29, 0.717) is 5.69 Å². The van der Waals surface area contributed by atoms with Crippen molar-refractivity contribution in [1.82, 2.24) is 9.29 Å². The molecular weight excluding hydrogens is 252 g/mol. The van der Waals surface area contributed by atoms with Crippen LogP contribution in [0.4, 0.5) is 0 Å². The van der Waals surface area contributed by atoms with Gasteiger partial charge in [0.05, 0.1) is 11.5 Å². The van der Waals surface area contributed by atoms with Crippen LogP contribution in [-0.4, -0.2) is 24.1 Å². The Morgan fingerprint density at radius 3 is 2.44 bits per heavy atom. The number of nitrogens with one attached hydrogen (secondary N) is 1. The third kappa shape index (κ3) is 3.34. The zero-order valence-electron chi connectivity index (χ0n) is 11.3. The minimum absolute atomic E-state index is 0.0761. The van der Waals surface area contributed by atoms with Crippen molar-refractivity contribution in [2.45, 2.75) is 44.7 Å². The highest BCUT2D eigenvalue weighted by Crippen LogP contribution is 2.16. The number of rotatable bonds is 6. The molecule has 5 nitrogen and oxygen atoms in total. The van der Waals surface area contributed by atoms with Crippen molar-refractivity contribution >= 4 is 10.0 Å². The second kappa shape index (κ2) is 5.86. The first kappa shape index (κ1) is 15.2. The number of aryl methyl sites for hydroxylation is 1. The lowest BCUT2D eigenvalue weighted by atomic mass is 10.0. The van der Waals surface area contributed by atoms with Gasteiger partial charge >= 0.3 is 0 Å². The fourth-order valence-electron chi connectivity index (χ4n) is 1.84. The van der Waals surface area contributed by atoms with Gasteiger partial charge in [-0.3, -0.25) is 0 Å². The fourth-order valence-corrected chi connectivity index (χ4v) is 3.40.